The number of fused-ring (bicyclic) bond motifs is 1. The highest BCUT2D eigenvalue weighted by Gasteiger charge is 2.50. The molecule has 30 heavy (non-hydrogen) atoms. The van der Waals surface area contributed by atoms with E-state index in [9.17, 15) is 9.90 Å². The Morgan fingerprint density at radius 1 is 1.27 bits per heavy atom. The molecule has 2 atom stereocenters. The number of hydrogen-bond donors (Lipinski definition) is 2. The molecule has 0 aromatic heterocycles. The van der Waals surface area contributed by atoms with Crippen LogP contribution in [0.5, 0.6) is 0 Å². The fourth-order valence-electron chi connectivity index (χ4n) is 4.82. The van der Waals surface area contributed by atoms with Gasteiger partial charge >= 0.3 is 0 Å². The Morgan fingerprint density at radius 2 is 2.03 bits per heavy atom. The fourth-order valence-corrected chi connectivity index (χ4v) is 4.82. The van der Waals surface area contributed by atoms with Gasteiger partial charge in [-0.05, 0) is 51.2 Å². The zero-order valence-corrected chi connectivity index (χ0v) is 17.1. The lowest BCUT2D eigenvalue weighted by Gasteiger charge is -2.40. The van der Waals surface area contributed by atoms with Crippen LogP contribution >= 0.6 is 0 Å². The zero-order chi connectivity index (χ0) is 20.9. The van der Waals surface area contributed by atoms with Gasteiger partial charge in [-0.1, -0.05) is 12.1 Å². The molecule has 5 rings (SSSR count). The molecule has 0 amide bonds. The number of amidine groups is 1. The molecule has 2 fully saturated rings. The lowest BCUT2D eigenvalue weighted by molar-refractivity contribution is -0.750. The molecule has 1 aromatic rings. The third kappa shape index (κ3) is 3.18. The molecule has 4 aliphatic rings. The number of Topliss-reactive ketones (excluding diaryl/α,β-unsaturated/α-hetero) is 1. The molecule has 3 N–H and O–H groups in total. The molecule has 156 valence electrons. The van der Waals surface area contributed by atoms with Gasteiger partial charge in [-0.15, -0.1) is 4.59 Å². The molecule has 0 bridgehead atoms. The maximum absolute atomic E-state index is 12.7. The van der Waals surface area contributed by atoms with Crippen molar-refractivity contribution in [3.8, 4) is 0 Å². The van der Waals surface area contributed by atoms with Gasteiger partial charge in [0.1, 0.15) is 18.0 Å². The highest BCUT2D eigenvalue weighted by atomic mass is 16.5. The topological polar surface area (TPSA) is 97.3 Å². The Bertz CT molecular complexity index is 992. The number of benzene rings is 1. The molecule has 1 aromatic carbocycles. The lowest BCUT2D eigenvalue weighted by Crippen LogP contribution is -2.53. The highest BCUT2D eigenvalue weighted by molar-refractivity contribution is 6.03. The average molecular weight is 407 g/mol. The first-order valence-corrected chi connectivity index (χ1v) is 10.6. The smallest absolute Gasteiger partial charge is 0.264 e. The summed E-state index contributed by atoms with van der Waals surface area (Å²) >= 11 is 0. The molecule has 3 heterocycles. The van der Waals surface area contributed by atoms with Crippen LogP contribution in [0.15, 0.2) is 58.0 Å². The average Bonchev–Trinajstić information content (AvgIpc) is 3.05. The number of aliphatic imine (C=N–C) groups is 2. The van der Waals surface area contributed by atoms with E-state index in [2.05, 4.69) is 4.99 Å². The Morgan fingerprint density at radius 3 is 2.70 bits per heavy atom. The van der Waals surface area contributed by atoms with Crippen molar-refractivity contribution in [2.45, 2.75) is 50.7 Å². The number of ketones is 1. The summed E-state index contributed by atoms with van der Waals surface area (Å²) in [6.07, 6.45) is 9.06. The Hall–Kier alpha value is -2.45. The molecule has 7 heteroatoms. The number of rotatable bonds is 4. The number of carbonyl (C=O) groups is 1. The number of ether oxygens (including phenoxy) is 1. The molecule has 0 radical (unpaired) electrons. The predicted octanol–water partition coefficient (Wildman–Crippen LogP) is 2.82. The van der Waals surface area contributed by atoms with E-state index in [1.165, 1.54) is 0 Å². The Balaban J connectivity index is 1.43. The summed E-state index contributed by atoms with van der Waals surface area (Å²) in [5.74, 6) is 7.64. The molecule has 7 nitrogen and oxygen atoms in total. The van der Waals surface area contributed by atoms with E-state index in [1.54, 1.807) is 12.4 Å². The first-order chi connectivity index (χ1) is 14.4. The van der Waals surface area contributed by atoms with Crippen molar-refractivity contribution in [1.29, 1.82) is 0 Å². The maximum Gasteiger partial charge on any atom is 0.264 e. The van der Waals surface area contributed by atoms with E-state index in [0.29, 0.717) is 30.8 Å². The summed E-state index contributed by atoms with van der Waals surface area (Å²) in [6, 6.07) is 7.47. The van der Waals surface area contributed by atoms with Gasteiger partial charge in [0.15, 0.2) is 5.78 Å². The third-order valence-electron chi connectivity index (χ3n) is 6.48. The van der Waals surface area contributed by atoms with Crippen molar-refractivity contribution in [3.63, 3.8) is 0 Å². The number of nitrogens with two attached hydrogens (primary N) is 1. The Labute approximate surface area is 175 Å². The summed E-state index contributed by atoms with van der Waals surface area (Å²) < 4.78 is 5.59. The van der Waals surface area contributed by atoms with E-state index < -0.39 is 5.60 Å². The van der Waals surface area contributed by atoms with Gasteiger partial charge < -0.3 is 9.84 Å². The van der Waals surface area contributed by atoms with Gasteiger partial charge in [0.05, 0.1) is 23.6 Å². The number of allylic oxidation sites excluding steroid dienone is 2. The standard InChI is InChI=1S/C23H27N4O3/c1-23(29)12-17(13-23)20-18-14-25-9-10-27(18,24)22(26-20)16-7-5-15(6-8-16)21(28)19-4-2-3-11-30-19/h5-10,14,17,19,29H,2-4,11-13,24H2,1H3/q+1. The van der Waals surface area contributed by atoms with Crippen molar-refractivity contribution in [1.82, 2.24) is 0 Å². The van der Waals surface area contributed by atoms with Gasteiger partial charge in [0.2, 0.25) is 5.70 Å². The van der Waals surface area contributed by atoms with Crippen molar-refractivity contribution in [2.75, 3.05) is 6.61 Å². The largest absolute Gasteiger partial charge is 0.390 e. The summed E-state index contributed by atoms with van der Waals surface area (Å²) in [5.41, 5.74) is 2.59. The molecular formula is C23H27N4O3+. The summed E-state index contributed by atoms with van der Waals surface area (Å²) in [5, 5.41) is 10.2. The SMILES string of the molecule is CC1(O)CC(C2=C3C=NC=C[N+]3(N)C(c3ccc(C(=O)C4CCCCO4)cc3)=N2)C1. The van der Waals surface area contributed by atoms with Crippen LogP contribution in [0.25, 0.3) is 0 Å². The van der Waals surface area contributed by atoms with Gasteiger partial charge in [0.25, 0.3) is 5.84 Å². The zero-order valence-electron chi connectivity index (χ0n) is 17.1. The van der Waals surface area contributed by atoms with Crippen LogP contribution in [0, 0.1) is 5.92 Å². The molecule has 1 saturated heterocycles. The van der Waals surface area contributed by atoms with Crippen molar-refractivity contribution < 1.29 is 19.2 Å². The normalized spacial score (nSPS) is 35.1. The monoisotopic (exact) mass is 407 g/mol. The van der Waals surface area contributed by atoms with E-state index in [1.807, 2.05) is 37.4 Å². The molecule has 0 spiro atoms. The first-order valence-electron chi connectivity index (χ1n) is 10.6. The summed E-state index contributed by atoms with van der Waals surface area (Å²) in [7, 11) is 0. The van der Waals surface area contributed by atoms with Gasteiger partial charge in [-0.3, -0.25) is 9.79 Å². The minimum atomic E-state index is -0.647. The quantitative estimate of drug-likeness (QED) is 0.456. The number of aliphatic hydroxyl groups is 1. The van der Waals surface area contributed by atoms with Crippen molar-refractivity contribution in [2.24, 2.45) is 21.7 Å². The van der Waals surface area contributed by atoms with Gasteiger partial charge in [-0.25, -0.2) is 0 Å². The number of carbonyl (C=O) groups excluding carboxylic acids is 1. The van der Waals surface area contributed by atoms with E-state index in [0.717, 1.165) is 36.2 Å². The van der Waals surface area contributed by atoms with Crippen LogP contribution in [-0.2, 0) is 4.74 Å². The third-order valence-corrected chi connectivity index (χ3v) is 6.48. The molecule has 2 unspecified atom stereocenters. The second-order valence-corrected chi connectivity index (χ2v) is 8.96. The van der Waals surface area contributed by atoms with Crippen LogP contribution in [0.4, 0.5) is 0 Å². The van der Waals surface area contributed by atoms with E-state index in [4.69, 9.17) is 15.6 Å². The fraction of sp³-hybridized carbons (Fsp3) is 0.435. The van der Waals surface area contributed by atoms with E-state index >= 15 is 0 Å². The minimum Gasteiger partial charge on any atom is -0.390 e. The minimum absolute atomic E-state index is 0.0347. The number of nitrogens with zero attached hydrogens (tertiary/aromatic N) is 3. The van der Waals surface area contributed by atoms with Crippen molar-refractivity contribution in [3.05, 3.63) is 59.2 Å². The van der Waals surface area contributed by atoms with Crippen molar-refractivity contribution >= 4 is 17.8 Å². The maximum atomic E-state index is 12.7. The van der Waals surface area contributed by atoms with E-state index in [-0.39, 0.29) is 22.4 Å². The van der Waals surface area contributed by atoms with Gasteiger partial charge in [0, 0.05) is 18.1 Å². The molecule has 1 aliphatic carbocycles. The van der Waals surface area contributed by atoms with Crippen LogP contribution in [0.1, 0.15) is 54.9 Å². The molecular weight excluding hydrogens is 380 g/mol. The predicted molar refractivity (Wildman–Crippen MR) is 113 cm³/mol. The highest BCUT2D eigenvalue weighted by Crippen LogP contribution is 2.46. The Kier molecular flexibility index (Phi) is 4.59. The number of hydrogen-bond acceptors (Lipinski definition) is 6. The van der Waals surface area contributed by atoms with Crippen LogP contribution in [0.2, 0.25) is 0 Å². The van der Waals surface area contributed by atoms with Crippen LogP contribution < -0.4 is 5.84 Å². The molecule has 1 saturated carbocycles. The first kappa shape index (κ1) is 19.5. The van der Waals surface area contributed by atoms with Gasteiger partial charge in [-0.2, -0.15) is 10.8 Å². The lowest BCUT2D eigenvalue weighted by atomic mass is 9.70. The van der Waals surface area contributed by atoms with Crippen LogP contribution in [-0.4, -0.2) is 45.8 Å². The number of quaternary nitrogens is 1. The second kappa shape index (κ2) is 7.06. The summed E-state index contributed by atoms with van der Waals surface area (Å²) in [4.78, 5) is 21.9. The molecule has 3 aliphatic heterocycles. The summed E-state index contributed by atoms with van der Waals surface area (Å²) in [6.45, 7) is 2.50. The second-order valence-electron chi connectivity index (χ2n) is 8.96. The van der Waals surface area contributed by atoms with Crippen LogP contribution in [0.3, 0.4) is 0 Å².